The zero-order valence-corrected chi connectivity index (χ0v) is 20.9. The second-order valence-electron chi connectivity index (χ2n) is 8.05. The standard InChI is InChI=1S/C22H33N7O7S/c23-13(9-12-5-2-1-3-6-12)18(32)28-15(10-17(30)31)20(34)27-14(7-4-8-26-22(24)25)19(33)29-16(11-37)21(35)36/h1-3,5-6,13-16,37H,4,7-11,23H2,(H,27,34)(H,28,32)(H,29,33)(H,30,31)(H,35,36)(H4,24,25,26). The molecule has 0 aromatic heterocycles. The minimum Gasteiger partial charge on any atom is -0.481 e. The van der Waals surface area contributed by atoms with E-state index >= 15 is 0 Å². The molecule has 0 heterocycles. The number of carboxylic acids is 2. The summed E-state index contributed by atoms with van der Waals surface area (Å²) in [6.07, 6.45) is -0.447. The Kier molecular flexibility index (Phi) is 13.5. The van der Waals surface area contributed by atoms with Gasteiger partial charge in [-0.05, 0) is 24.8 Å². The summed E-state index contributed by atoms with van der Waals surface area (Å²) in [5.74, 6) is -5.69. The van der Waals surface area contributed by atoms with Crippen LogP contribution < -0.4 is 33.2 Å². The molecule has 0 aliphatic heterocycles. The molecule has 0 saturated heterocycles. The number of rotatable bonds is 16. The van der Waals surface area contributed by atoms with Crippen LogP contribution in [0.4, 0.5) is 0 Å². The number of amides is 3. The third kappa shape index (κ3) is 12.1. The minimum atomic E-state index is -1.56. The Morgan fingerprint density at radius 3 is 2.00 bits per heavy atom. The first-order valence-electron chi connectivity index (χ1n) is 11.3. The van der Waals surface area contributed by atoms with Gasteiger partial charge in [-0.2, -0.15) is 12.6 Å². The van der Waals surface area contributed by atoms with Crippen LogP contribution in [0.1, 0.15) is 24.8 Å². The summed E-state index contributed by atoms with van der Waals surface area (Å²) in [5, 5.41) is 25.4. The normalized spacial score (nSPS) is 13.8. The van der Waals surface area contributed by atoms with E-state index in [0.29, 0.717) is 0 Å². The first kappa shape index (κ1) is 31.2. The van der Waals surface area contributed by atoms with Crippen LogP contribution in [0.3, 0.4) is 0 Å². The molecule has 0 bridgehead atoms. The van der Waals surface area contributed by atoms with Gasteiger partial charge in [-0.15, -0.1) is 0 Å². The first-order valence-corrected chi connectivity index (χ1v) is 11.9. The monoisotopic (exact) mass is 539 g/mol. The molecular weight excluding hydrogens is 506 g/mol. The second-order valence-corrected chi connectivity index (χ2v) is 8.41. The number of carboxylic acid groups (broad SMARTS) is 2. The summed E-state index contributed by atoms with van der Waals surface area (Å²) in [4.78, 5) is 64.7. The van der Waals surface area contributed by atoms with Gasteiger partial charge in [0.15, 0.2) is 5.96 Å². The fourth-order valence-electron chi connectivity index (χ4n) is 3.13. The first-order chi connectivity index (χ1) is 17.4. The molecule has 0 radical (unpaired) electrons. The number of nitrogens with zero attached hydrogens (tertiary/aromatic N) is 1. The van der Waals surface area contributed by atoms with Crippen LogP contribution in [0.25, 0.3) is 0 Å². The molecule has 11 N–H and O–H groups in total. The zero-order valence-electron chi connectivity index (χ0n) is 20.0. The van der Waals surface area contributed by atoms with Gasteiger partial charge in [-0.1, -0.05) is 30.3 Å². The van der Waals surface area contributed by atoms with E-state index in [1.54, 1.807) is 30.3 Å². The predicted molar refractivity (Wildman–Crippen MR) is 138 cm³/mol. The molecule has 0 fully saturated rings. The van der Waals surface area contributed by atoms with Gasteiger partial charge in [0, 0.05) is 12.3 Å². The molecular formula is C22H33N7O7S. The number of carbonyl (C=O) groups is 5. The number of hydrogen-bond acceptors (Lipinski definition) is 8. The smallest absolute Gasteiger partial charge is 0.327 e. The lowest BCUT2D eigenvalue weighted by Gasteiger charge is -2.24. The van der Waals surface area contributed by atoms with E-state index in [2.05, 4.69) is 33.6 Å². The van der Waals surface area contributed by atoms with Crippen LogP contribution in [0.5, 0.6) is 0 Å². The average Bonchev–Trinajstić information content (AvgIpc) is 2.83. The van der Waals surface area contributed by atoms with Gasteiger partial charge in [0.1, 0.15) is 18.1 Å². The fraction of sp³-hybridized carbons (Fsp3) is 0.455. The van der Waals surface area contributed by atoms with Crippen molar-refractivity contribution in [3.8, 4) is 0 Å². The molecule has 14 nitrogen and oxygen atoms in total. The van der Waals surface area contributed by atoms with E-state index in [-0.39, 0.29) is 37.5 Å². The maximum atomic E-state index is 12.9. The van der Waals surface area contributed by atoms with Gasteiger partial charge in [0.05, 0.1) is 12.5 Å². The molecule has 4 atom stereocenters. The summed E-state index contributed by atoms with van der Waals surface area (Å²) in [6, 6.07) is 3.60. The van der Waals surface area contributed by atoms with Gasteiger partial charge >= 0.3 is 11.9 Å². The van der Waals surface area contributed by atoms with E-state index in [0.717, 1.165) is 5.56 Å². The van der Waals surface area contributed by atoms with Gasteiger partial charge in [0.25, 0.3) is 0 Å². The van der Waals surface area contributed by atoms with E-state index in [9.17, 15) is 34.2 Å². The van der Waals surface area contributed by atoms with Crippen molar-refractivity contribution >= 4 is 48.2 Å². The molecule has 0 aliphatic rings. The quantitative estimate of drug-likeness (QED) is 0.0464. The summed E-state index contributed by atoms with van der Waals surface area (Å²) >= 11 is 3.89. The molecule has 1 aromatic rings. The Balaban J connectivity index is 2.98. The van der Waals surface area contributed by atoms with E-state index < -0.39 is 60.2 Å². The van der Waals surface area contributed by atoms with E-state index in [4.69, 9.17) is 17.2 Å². The van der Waals surface area contributed by atoms with Crippen LogP contribution in [-0.2, 0) is 30.4 Å². The van der Waals surface area contributed by atoms with Gasteiger partial charge in [-0.3, -0.25) is 24.2 Å². The highest BCUT2D eigenvalue weighted by molar-refractivity contribution is 7.80. The van der Waals surface area contributed by atoms with Crippen LogP contribution in [0.2, 0.25) is 0 Å². The summed E-state index contributed by atoms with van der Waals surface area (Å²) < 4.78 is 0. The molecule has 0 aliphatic carbocycles. The number of aliphatic imine (C=N–C) groups is 1. The number of guanidine groups is 1. The SMILES string of the molecule is NC(N)=NCCCC(NC(=O)C(CC(=O)O)NC(=O)C(N)Cc1ccccc1)C(=O)NC(CS)C(=O)O. The topological polar surface area (TPSA) is 252 Å². The van der Waals surface area contributed by atoms with Gasteiger partial charge in [0.2, 0.25) is 17.7 Å². The Morgan fingerprint density at radius 1 is 0.892 bits per heavy atom. The van der Waals surface area contributed by atoms with Gasteiger partial charge in [-0.25, -0.2) is 4.79 Å². The molecule has 37 heavy (non-hydrogen) atoms. The molecule has 3 amide bonds. The maximum absolute atomic E-state index is 12.9. The van der Waals surface area contributed by atoms with Crippen molar-refractivity contribution in [1.29, 1.82) is 0 Å². The third-order valence-corrected chi connectivity index (χ3v) is 5.39. The number of benzene rings is 1. The van der Waals surface area contributed by atoms with Crippen molar-refractivity contribution in [3.05, 3.63) is 35.9 Å². The summed E-state index contributed by atoms with van der Waals surface area (Å²) in [6.45, 7) is 0.112. The van der Waals surface area contributed by atoms with Crippen molar-refractivity contribution in [3.63, 3.8) is 0 Å². The Hall–Kier alpha value is -3.85. The second kappa shape index (κ2) is 16.0. The lowest BCUT2D eigenvalue weighted by molar-refractivity contribution is -0.142. The Bertz CT molecular complexity index is 973. The zero-order chi connectivity index (χ0) is 28.0. The summed E-state index contributed by atoms with van der Waals surface area (Å²) in [7, 11) is 0. The minimum absolute atomic E-state index is 0.0193. The van der Waals surface area contributed by atoms with Crippen LogP contribution >= 0.6 is 12.6 Å². The van der Waals surface area contributed by atoms with Crippen LogP contribution in [0, 0.1) is 0 Å². The number of aliphatic carboxylic acids is 2. The molecule has 0 saturated carbocycles. The number of thiol groups is 1. The highest BCUT2D eigenvalue weighted by atomic mass is 32.1. The lowest BCUT2D eigenvalue weighted by Crippen LogP contribution is -2.57. The number of hydrogen-bond donors (Lipinski definition) is 9. The van der Waals surface area contributed by atoms with Crippen LogP contribution in [0.15, 0.2) is 35.3 Å². The molecule has 4 unspecified atom stereocenters. The van der Waals surface area contributed by atoms with E-state index in [1.807, 2.05) is 0 Å². The molecule has 204 valence electrons. The summed E-state index contributed by atoms with van der Waals surface area (Å²) in [5.41, 5.74) is 17.2. The molecule has 0 spiro atoms. The predicted octanol–water partition coefficient (Wildman–Crippen LogP) is -2.45. The van der Waals surface area contributed by atoms with Gasteiger partial charge < -0.3 is 43.4 Å². The van der Waals surface area contributed by atoms with Crippen molar-refractivity contribution in [2.75, 3.05) is 12.3 Å². The van der Waals surface area contributed by atoms with E-state index in [1.165, 1.54) is 0 Å². The lowest BCUT2D eigenvalue weighted by atomic mass is 10.0. The van der Waals surface area contributed by atoms with Crippen molar-refractivity contribution in [1.82, 2.24) is 16.0 Å². The number of nitrogens with two attached hydrogens (primary N) is 3. The highest BCUT2D eigenvalue weighted by Crippen LogP contribution is 2.05. The Morgan fingerprint density at radius 2 is 1.46 bits per heavy atom. The largest absolute Gasteiger partial charge is 0.481 e. The third-order valence-electron chi connectivity index (χ3n) is 5.02. The maximum Gasteiger partial charge on any atom is 0.327 e. The number of carbonyl (C=O) groups excluding carboxylic acids is 3. The number of nitrogens with one attached hydrogen (secondary N) is 3. The van der Waals surface area contributed by atoms with Crippen LogP contribution in [-0.4, -0.2) is 82.3 Å². The Labute approximate surface area is 218 Å². The van der Waals surface area contributed by atoms with Crippen molar-refractivity contribution in [2.45, 2.75) is 49.9 Å². The fourth-order valence-corrected chi connectivity index (χ4v) is 3.37. The molecule has 1 rings (SSSR count). The molecule has 1 aromatic carbocycles. The highest BCUT2D eigenvalue weighted by Gasteiger charge is 2.31. The average molecular weight is 540 g/mol. The molecule has 15 heteroatoms. The van der Waals surface area contributed by atoms with Crippen molar-refractivity contribution in [2.24, 2.45) is 22.2 Å². The van der Waals surface area contributed by atoms with Crippen molar-refractivity contribution < 1.29 is 34.2 Å².